The molecule has 1 aromatic heterocycles. The van der Waals surface area contributed by atoms with Gasteiger partial charge in [-0.05, 0) is 16.6 Å². The quantitative estimate of drug-likeness (QED) is 0.893. The molecular formula is C11H15BrO2. The van der Waals surface area contributed by atoms with Gasteiger partial charge < -0.3 is 9.52 Å². The van der Waals surface area contributed by atoms with Crippen molar-refractivity contribution in [1.82, 2.24) is 0 Å². The smallest absolute Gasteiger partial charge is 0.133 e. The van der Waals surface area contributed by atoms with Crippen molar-refractivity contribution >= 4 is 15.9 Å². The molecule has 78 valence electrons. The molecule has 2 nitrogen and oxygen atoms in total. The summed E-state index contributed by atoms with van der Waals surface area (Å²) >= 11 is 3.21. The Morgan fingerprint density at radius 1 is 1.50 bits per heavy atom. The Labute approximate surface area is 92.8 Å². The van der Waals surface area contributed by atoms with Crippen molar-refractivity contribution in [2.75, 3.05) is 0 Å². The van der Waals surface area contributed by atoms with Crippen LogP contribution in [0.15, 0.2) is 27.6 Å². The molecule has 3 heteroatoms. The summed E-state index contributed by atoms with van der Waals surface area (Å²) in [7, 11) is 0. The van der Waals surface area contributed by atoms with E-state index in [1.165, 1.54) is 0 Å². The second-order valence-electron chi connectivity index (χ2n) is 3.63. The first-order valence-electron chi connectivity index (χ1n) is 4.61. The molecule has 0 aromatic carbocycles. The molecule has 0 aliphatic rings. The van der Waals surface area contributed by atoms with Crippen LogP contribution in [0.4, 0.5) is 0 Å². The minimum atomic E-state index is -0.602. The van der Waals surface area contributed by atoms with Gasteiger partial charge in [-0.1, -0.05) is 36.4 Å². The van der Waals surface area contributed by atoms with Gasteiger partial charge in [0.15, 0.2) is 0 Å². The zero-order valence-corrected chi connectivity index (χ0v) is 10.0. The molecule has 1 heterocycles. The Morgan fingerprint density at radius 3 is 2.50 bits per heavy atom. The van der Waals surface area contributed by atoms with Crippen LogP contribution in [-0.2, 0) is 0 Å². The van der Waals surface area contributed by atoms with E-state index in [0.29, 0.717) is 18.1 Å². The predicted molar refractivity (Wildman–Crippen MR) is 60.4 cm³/mol. The summed E-state index contributed by atoms with van der Waals surface area (Å²) < 4.78 is 6.27. The summed E-state index contributed by atoms with van der Waals surface area (Å²) in [6.45, 7) is 7.79. The first-order chi connectivity index (χ1) is 6.50. The predicted octanol–water partition coefficient (Wildman–Crippen LogP) is 3.74. The Bertz CT molecular complexity index is 315. The van der Waals surface area contributed by atoms with Gasteiger partial charge >= 0.3 is 0 Å². The first kappa shape index (κ1) is 11.5. The fourth-order valence-corrected chi connectivity index (χ4v) is 1.47. The third-order valence-corrected chi connectivity index (χ3v) is 2.28. The van der Waals surface area contributed by atoms with Crippen molar-refractivity contribution in [3.05, 3.63) is 34.7 Å². The van der Waals surface area contributed by atoms with E-state index in [4.69, 9.17) is 4.42 Å². The highest BCUT2D eigenvalue weighted by Crippen LogP contribution is 2.26. The van der Waals surface area contributed by atoms with Gasteiger partial charge in [0, 0.05) is 12.3 Å². The maximum absolute atomic E-state index is 9.70. The summed E-state index contributed by atoms with van der Waals surface area (Å²) in [6.07, 6.45) is -0.125. The fraction of sp³-hybridized carbons (Fsp3) is 0.455. The van der Waals surface area contributed by atoms with Crippen LogP contribution in [-0.4, -0.2) is 5.11 Å². The number of furan rings is 1. The van der Waals surface area contributed by atoms with E-state index in [9.17, 15) is 5.11 Å². The minimum Gasteiger partial charge on any atom is -0.463 e. The van der Waals surface area contributed by atoms with Gasteiger partial charge in [0.25, 0.3) is 0 Å². The van der Waals surface area contributed by atoms with Gasteiger partial charge in [0.1, 0.15) is 17.6 Å². The highest BCUT2D eigenvalue weighted by molar-refractivity contribution is 9.11. The van der Waals surface area contributed by atoms with E-state index >= 15 is 0 Å². The van der Waals surface area contributed by atoms with Crippen LogP contribution in [0.2, 0.25) is 0 Å². The number of aliphatic hydroxyl groups excluding tert-OH is 1. The second-order valence-corrected chi connectivity index (χ2v) is 4.75. The molecule has 0 saturated carbocycles. The summed E-state index contributed by atoms with van der Waals surface area (Å²) in [4.78, 5) is 0. The fourth-order valence-electron chi connectivity index (χ4n) is 1.17. The molecule has 0 aliphatic heterocycles. The number of aliphatic hydroxyl groups is 1. The average Bonchev–Trinajstić information content (AvgIpc) is 2.50. The van der Waals surface area contributed by atoms with E-state index in [2.05, 4.69) is 36.4 Å². The lowest BCUT2D eigenvalue weighted by molar-refractivity contribution is 0.150. The Hall–Kier alpha value is -0.540. The molecule has 1 unspecified atom stereocenters. The lowest BCUT2D eigenvalue weighted by Crippen LogP contribution is -1.94. The van der Waals surface area contributed by atoms with E-state index in [1.54, 1.807) is 0 Å². The molecule has 0 fully saturated rings. The Morgan fingerprint density at radius 2 is 2.07 bits per heavy atom. The van der Waals surface area contributed by atoms with Gasteiger partial charge in [-0.3, -0.25) is 0 Å². The zero-order chi connectivity index (χ0) is 10.7. The minimum absolute atomic E-state index is 0.350. The van der Waals surface area contributed by atoms with E-state index in [-0.39, 0.29) is 0 Å². The van der Waals surface area contributed by atoms with Gasteiger partial charge in [-0.25, -0.2) is 0 Å². The molecule has 0 radical (unpaired) electrons. The molecule has 1 rings (SSSR count). The van der Waals surface area contributed by atoms with Crippen LogP contribution in [0.5, 0.6) is 0 Å². The van der Waals surface area contributed by atoms with Crippen molar-refractivity contribution in [2.45, 2.75) is 32.3 Å². The third-order valence-electron chi connectivity index (χ3n) is 1.96. The molecule has 1 aromatic rings. The van der Waals surface area contributed by atoms with Crippen LogP contribution in [0.1, 0.15) is 43.8 Å². The SMILES string of the molecule is C=C(Br)CC(O)c1ccc(C(C)C)o1. The molecule has 1 atom stereocenters. The van der Waals surface area contributed by atoms with Crippen molar-refractivity contribution in [3.8, 4) is 0 Å². The highest BCUT2D eigenvalue weighted by Gasteiger charge is 2.13. The van der Waals surface area contributed by atoms with Crippen molar-refractivity contribution < 1.29 is 9.52 Å². The first-order valence-corrected chi connectivity index (χ1v) is 5.41. The number of rotatable bonds is 4. The highest BCUT2D eigenvalue weighted by atomic mass is 79.9. The van der Waals surface area contributed by atoms with Gasteiger partial charge in [0.2, 0.25) is 0 Å². The molecule has 0 aliphatic carbocycles. The topological polar surface area (TPSA) is 33.4 Å². The Balaban J connectivity index is 2.71. The molecule has 14 heavy (non-hydrogen) atoms. The van der Waals surface area contributed by atoms with Gasteiger partial charge in [0.05, 0.1) is 0 Å². The molecule has 0 spiro atoms. The number of hydrogen-bond acceptors (Lipinski definition) is 2. The van der Waals surface area contributed by atoms with Crippen molar-refractivity contribution in [1.29, 1.82) is 0 Å². The maximum Gasteiger partial charge on any atom is 0.133 e. The number of halogens is 1. The van der Waals surface area contributed by atoms with Crippen LogP contribution >= 0.6 is 15.9 Å². The maximum atomic E-state index is 9.70. The largest absolute Gasteiger partial charge is 0.463 e. The molecular weight excluding hydrogens is 244 g/mol. The van der Waals surface area contributed by atoms with Crippen LogP contribution < -0.4 is 0 Å². The second kappa shape index (κ2) is 4.80. The standard InChI is InChI=1S/C11H15BrO2/c1-7(2)10-4-5-11(14-10)9(13)6-8(3)12/h4-5,7,9,13H,3,6H2,1-2H3. The van der Waals surface area contributed by atoms with Crippen molar-refractivity contribution in [2.24, 2.45) is 0 Å². The molecule has 0 bridgehead atoms. The van der Waals surface area contributed by atoms with Crippen LogP contribution in [0.3, 0.4) is 0 Å². The molecule has 0 amide bonds. The normalized spacial score (nSPS) is 13.2. The number of hydrogen-bond donors (Lipinski definition) is 1. The zero-order valence-electron chi connectivity index (χ0n) is 8.46. The summed E-state index contributed by atoms with van der Waals surface area (Å²) in [5, 5.41) is 9.70. The lowest BCUT2D eigenvalue weighted by atomic mass is 10.1. The summed E-state index contributed by atoms with van der Waals surface area (Å²) in [5.41, 5.74) is 0. The van der Waals surface area contributed by atoms with E-state index in [1.807, 2.05) is 12.1 Å². The summed E-state index contributed by atoms with van der Waals surface area (Å²) in [5.74, 6) is 1.86. The third kappa shape index (κ3) is 3.00. The lowest BCUT2D eigenvalue weighted by Gasteiger charge is -2.06. The summed E-state index contributed by atoms with van der Waals surface area (Å²) in [6, 6.07) is 3.72. The van der Waals surface area contributed by atoms with Crippen LogP contribution in [0.25, 0.3) is 0 Å². The van der Waals surface area contributed by atoms with E-state index < -0.39 is 6.10 Å². The molecule has 1 N–H and O–H groups in total. The van der Waals surface area contributed by atoms with Gasteiger partial charge in [-0.2, -0.15) is 0 Å². The monoisotopic (exact) mass is 258 g/mol. The molecule has 0 saturated heterocycles. The van der Waals surface area contributed by atoms with Crippen LogP contribution in [0, 0.1) is 0 Å². The average molecular weight is 259 g/mol. The van der Waals surface area contributed by atoms with Gasteiger partial charge in [-0.15, -0.1) is 0 Å². The van der Waals surface area contributed by atoms with E-state index in [0.717, 1.165) is 10.2 Å². The Kier molecular flexibility index (Phi) is 3.96. The van der Waals surface area contributed by atoms with Crippen molar-refractivity contribution in [3.63, 3.8) is 0 Å².